The molecule has 2 N–H and O–H groups in total. The van der Waals surface area contributed by atoms with Gasteiger partial charge in [0.05, 0.1) is 0 Å². The Kier molecular flexibility index (Phi) is 4.55. The number of hydrogen-bond donors (Lipinski definition) is 1. The maximum absolute atomic E-state index is 11.6. The minimum atomic E-state index is 0.0862. The molecule has 1 heterocycles. The van der Waals surface area contributed by atoms with Crippen molar-refractivity contribution in [3.63, 3.8) is 0 Å². The topological polar surface area (TPSA) is 66.6 Å². The van der Waals surface area contributed by atoms with Crippen LogP contribution in [-0.4, -0.2) is 54.3 Å². The van der Waals surface area contributed by atoms with Gasteiger partial charge in [-0.25, -0.2) is 0 Å². The Morgan fingerprint density at radius 3 is 2.33 bits per heavy atom. The van der Waals surface area contributed by atoms with E-state index in [2.05, 4.69) is 0 Å². The van der Waals surface area contributed by atoms with Crippen LogP contribution in [0.1, 0.15) is 19.8 Å². The van der Waals surface area contributed by atoms with Crippen LogP contribution >= 0.6 is 0 Å². The van der Waals surface area contributed by atoms with Gasteiger partial charge in [-0.2, -0.15) is 0 Å². The zero-order chi connectivity index (χ0) is 11.3. The van der Waals surface area contributed by atoms with Gasteiger partial charge < -0.3 is 15.5 Å². The van der Waals surface area contributed by atoms with E-state index in [0.29, 0.717) is 26.1 Å². The number of nitrogens with zero attached hydrogens (tertiary/aromatic N) is 2. The Labute approximate surface area is 90.2 Å². The van der Waals surface area contributed by atoms with Crippen molar-refractivity contribution in [2.75, 3.05) is 32.7 Å². The van der Waals surface area contributed by atoms with Crippen molar-refractivity contribution in [1.29, 1.82) is 0 Å². The first kappa shape index (κ1) is 12.0. The number of carbonyl (C=O) groups excluding carboxylic acids is 2. The maximum atomic E-state index is 11.6. The summed E-state index contributed by atoms with van der Waals surface area (Å²) < 4.78 is 0. The summed E-state index contributed by atoms with van der Waals surface area (Å²) in [5.74, 6) is 0.186. The lowest BCUT2D eigenvalue weighted by Gasteiger charge is -2.21. The molecule has 0 aromatic carbocycles. The van der Waals surface area contributed by atoms with E-state index in [0.717, 1.165) is 19.5 Å². The molecule has 1 aliphatic heterocycles. The predicted octanol–water partition coefficient (Wildman–Crippen LogP) is -0.584. The summed E-state index contributed by atoms with van der Waals surface area (Å²) in [6.45, 7) is 4.73. The second-order valence-corrected chi connectivity index (χ2v) is 3.78. The minimum Gasteiger partial charge on any atom is -0.341 e. The quantitative estimate of drug-likeness (QED) is 0.667. The van der Waals surface area contributed by atoms with Gasteiger partial charge in [0.1, 0.15) is 0 Å². The average molecular weight is 213 g/mol. The molecule has 1 fully saturated rings. The number of hydrogen-bond acceptors (Lipinski definition) is 3. The third-order valence-corrected chi connectivity index (χ3v) is 2.65. The molecule has 0 unspecified atom stereocenters. The van der Waals surface area contributed by atoms with E-state index in [1.54, 1.807) is 16.7 Å². The first-order valence-electron chi connectivity index (χ1n) is 5.38. The lowest BCUT2D eigenvalue weighted by Crippen LogP contribution is -2.37. The fourth-order valence-electron chi connectivity index (χ4n) is 1.76. The molecular formula is C10H19N3O2. The molecule has 15 heavy (non-hydrogen) atoms. The second kappa shape index (κ2) is 5.70. The van der Waals surface area contributed by atoms with E-state index in [1.165, 1.54) is 0 Å². The largest absolute Gasteiger partial charge is 0.341 e. The first-order chi connectivity index (χ1) is 7.15. The van der Waals surface area contributed by atoms with Gasteiger partial charge in [-0.15, -0.1) is 0 Å². The van der Waals surface area contributed by atoms with E-state index in [9.17, 15) is 9.59 Å². The molecular weight excluding hydrogens is 194 g/mol. The van der Waals surface area contributed by atoms with Crippen molar-refractivity contribution >= 4 is 11.8 Å². The fourth-order valence-corrected chi connectivity index (χ4v) is 1.76. The number of nitrogens with two attached hydrogens (primary N) is 1. The molecule has 0 spiro atoms. The first-order valence-corrected chi connectivity index (χ1v) is 5.38. The van der Waals surface area contributed by atoms with Gasteiger partial charge in [0.25, 0.3) is 0 Å². The summed E-state index contributed by atoms with van der Waals surface area (Å²) in [5.41, 5.74) is 5.34. The molecule has 0 atom stereocenters. The molecule has 0 radical (unpaired) electrons. The Morgan fingerprint density at radius 2 is 1.73 bits per heavy atom. The van der Waals surface area contributed by atoms with E-state index < -0.39 is 0 Å². The summed E-state index contributed by atoms with van der Waals surface area (Å²) in [6, 6.07) is 0. The third-order valence-electron chi connectivity index (χ3n) is 2.65. The van der Waals surface area contributed by atoms with Crippen molar-refractivity contribution in [1.82, 2.24) is 9.80 Å². The van der Waals surface area contributed by atoms with E-state index in [4.69, 9.17) is 5.73 Å². The molecule has 0 aromatic rings. The highest BCUT2D eigenvalue weighted by atomic mass is 16.2. The van der Waals surface area contributed by atoms with Crippen LogP contribution in [0.25, 0.3) is 0 Å². The summed E-state index contributed by atoms with van der Waals surface area (Å²) in [6.07, 6.45) is 1.26. The molecule has 5 heteroatoms. The van der Waals surface area contributed by atoms with Gasteiger partial charge in [-0.05, 0) is 6.42 Å². The number of amides is 2. The van der Waals surface area contributed by atoms with E-state index in [-0.39, 0.29) is 11.8 Å². The summed E-state index contributed by atoms with van der Waals surface area (Å²) in [5, 5.41) is 0. The van der Waals surface area contributed by atoms with Crippen LogP contribution in [0.4, 0.5) is 0 Å². The van der Waals surface area contributed by atoms with E-state index in [1.807, 2.05) is 0 Å². The average Bonchev–Trinajstić information content (AvgIpc) is 2.43. The van der Waals surface area contributed by atoms with Crippen LogP contribution in [0.2, 0.25) is 0 Å². The smallest absolute Gasteiger partial charge is 0.223 e. The maximum Gasteiger partial charge on any atom is 0.223 e. The minimum absolute atomic E-state index is 0.0862. The Bertz CT molecular complexity index is 243. The summed E-state index contributed by atoms with van der Waals surface area (Å²) in [4.78, 5) is 26.3. The van der Waals surface area contributed by atoms with Gasteiger partial charge in [0, 0.05) is 46.1 Å². The monoisotopic (exact) mass is 213 g/mol. The highest BCUT2D eigenvalue weighted by molar-refractivity contribution is 5.77. The Balaban J connectivity index is 2.45. The van der Waals surface area contributed by atoms with Crippen LogP contribution in [-0.2, 0) is 9.59 Å². The van der Waals surface area contributed by atoms with Crippen LogP contribution in [0, 0.1) is 0 Å². The van der Waals surface area contributed by atoms with Gasteiger partial charge in [-0.3, -0.25) is 9.59 Å². The highest BCUT2D eigenvalue weighted by Gasteiger charge is 2.19. The van der Waals surface area contributed by atoms with Crippen LogP contribution in [0.15, 0.2) is 0 Å². The van der Waals surface area contributed by atoms with Crippen molar-refractivity contribution in [3.8, 4) is 0 Å². The molecule has 0 aromatic heterocycles. The van der Waals surface area contributed by atoms with E-state index >= 15 is 0 Å². The molecule has 0 aliphatic carbocycles. The standard InChI is InChI=1S/C10H19N3O2/c1-9(14)12-5-2-6-13(8-7-12)10(15)3-4-11/h2-8,11H2,1H3. The zero-order valence-electron chi connectivity index (χ0n) is 9.24. The van der Waals surface area contributed by atoms with Gasteiger partial charge >= 0.3 is 0 Å². The molecule has 1 saturated heterocycles. The Morgan fingerprint density at radius 1 is 1.13 bits per heavy atom. The van der Waals surface area contributed by atoms with Gasteiger partial charge in [-0.1, -0.05) is 0 Å². The van der Waals surface area contributed by atoms with Gasteiger partial charge in [0.15, 0.2) is 0 Å². The van der Waals surface area contributed by atoms with Crippen LogP contribution < -0.4 is 5.73 Å². The van der Waals surface area contributed by atoms with Crippen LogP contribution in [0.5, 0.6) is 0 Å². The third kappa shape index (κ3) is 3.51. The Hall–Kier alpha value is -1.10. The molecule has 1 rings (SSSR count). The molecule has 5 nitrogen and oxygen atoms in total. The number of rotatable bonds is 2. The molecule has 0 bridgehead atoms. The lowest BCUT2D eigenvalue weighted by molar-refractivity contribution is -0.132. The second-order valence-electron chi connectivity index (χ2n) is 3.78. The molecule has 86 valence electrons. The highest BCUT2D eigenvalue weighted by Crippen LogP contribution is 2.04. The van der Waals surface area contributed by atoms with Crippen molar-refractivity contribution in [2.45, 2.75) is 19.8 Å². The molecule has 1 aliphatic rings. The summed E-state index contributed by atoms with van der Waals surface area (Å²) in [7, 11) is 0. The van der Waals surface area contributed by atoms with Crippen molar-refractivity contribution < 1.29 is 9.59 Å². The zero-order valence-corrected chi connectivity index (χ0v) is 9.24. The molecule has 0 saturated carbocycles. The molecule has 2 amide bonds. The van der Waals surface area contributed by atoms with Gasteiger partial charge in [0.2, 0.25) is 11.8 Å². The van der Waals surface area contributed by atoms with Crippen molar-refractivity contribution in [3.05, 3.63) is 0 Å². The fraction of sp³-hybridized carbons (Fsp3) is 0.800. The predicted molar refractivity (Wildman–Crippen MR) is 57.1 cm³/mol. The SMILES string of the molecule is CC(=O)N1CCCN(C(=O)CCN)CC1. The van der Waals surface area contributed by atoms with Crippen LogP contribution in [0.3, 0.4) is 0 Å². The lowest BCUT2D eigenvalue weighted by atomic mass is 10.3. The summed E-state index contributed by atoms with van der Waals surface area (Å²) >= 11 is 0. The van der Waals surface area contributed by atoms with Crippen molar-refractivity contribution in [2.24, 2.45) is 5.73 Å². The normalized spacial score (nSPS) is 17.5. The number of carbonyl (C=O) groups is 2.